The van der Waals surface area contributed by atoms with E-state index in [0.717, 1.165) is 11.1 Å². The van der Waals surface area contributed by atoms with Crippen LogP contribution in [0.25, 0.3) is 0 Å². The Morgan fingerprint density at radius 3 is 2.69 bits per heavy atom. The van der Waals surface area contributed by atoms with Gasteiger partial charge in [-0.1, -0.05) is 24.3 Å². The van der Waals surface area contributed by atoms with E-state index in [4.69, 9.17) is 10.8 Å². The third-order valence-electron chi connectivity index (χ3n) is 2.04. The first kappa shape index (κ1) is 10.2. The van der Waals surface area contributed by atoms with Gasteiger partial charge in [-0.3, -0.25) is 0 Å². The Balaban J connectivity index is 2.88. The molecule has 1 aromatic rings. The van der Waals surface area contributed by atoms with Crippen LogP contribution in [0.2, 0.25) is 0 Å². The summed E-state index contributed by atoms with van der Waals surface area (Å²) in [4.78, 5) is 0. The summed E-state index contributed by atoms with van der Waals surface area (Å²) >= 11 is 0. The number of rotatable bonds is 3. The summed E-state index contributed by atoms with van der Waals surface area (Å²) in [6, 6.07) is 6.90. The number of nitrogens with two attached hydrogens (primary N) is 1. The maximum Gasteiger partial charge on any atom is 0.0704 e. The summed E-state index contributed by atoms with van der Waals surface area (Å²) in [7, 11) is 0. The Morgan fingerprint density at radius 2 is 2.15 bits per heavy atom. The minimum absolute atomic E-state index is 0.000367. The van der Waals surface area contributed by atoms with Gasteiger partial charge in [0.15, 0.2) is 0 Å². The Morgan fingerprint density at radius 1 is 1.46 bits per heavy atom. The highest BCUT2D eigenvalue weighted by Gasteiger charge is 2.11. The highest BCUT2D eigenvalue weighted by atomic mass is 16.3. The van der Waals surface area contributed by atoms with Crippen molar-refractivity contribution in [1.82, 2.24) is 0 Å². The van der Waals surface area contributed by atoms with Crippen LogP contribution in [0.4, 0.5) is 0 Å². The molecular weight excluding hydrogens is 166 g/mol. The zero-order chi connectivity index (χ0) is 9.84. The minimum Gasteiger partial charge on any atom is -0.392 e. The normalized spacial score (nSPS) is 15.4. The lowest BCUT2D eigenvalue weighted by Gasteiger charge is -2.15. The van der Waals surface area contributed by atoms with E-state index >= 15 is 0 Å². The number of aliphatic hydroxyl groups is 2. The van der Waals surface area contributed by atoms with Crippen molar-refractivity contribution in [3.05, 3.63) is 35.4 Å². The maximum absolute atomic E-state index is 9.25. The van der Waals surface area contributed by atoms with Crippen molar-refractivity contribution in [3.63, 3.8) is 0 Å². The van der Waals surface area contributed by atoms with Crippen LogP contribution >= 0.6 is 0 Å². The molecule has 0 aliphatic rings. The van der Waals surface area contributed by atoms with Crippen molar-refractivity contribution in [2.45, 2.75) is 25.7 Å². The molecule has 3 nitrogen and oxygen atoms in total. The molecule has 0 aliphatic heterocycles. The molecule has 0 amide bonds. The molecule has 0 bridgehead atoms. The molecule has 72 valence electrons. The predicted molar refractivity (Wildman–Crippen MR) is 51.0 cm³/mol. The Hall–Kier alpha value is -0.900. The van der Waals surface area contributed by atoms with Gasteiger partial charge in [-0.25, -0.2) is 0 Å². The predicted octanol–water partition coefficient (Wildman–Crippen LogP) is 0.560. The average Bonchev–Trinajstić information content (AvgIpc) is 2.16. The molecule has 0 aromatic heterocycles. The van der Waals surface area contributed by atoms with Crippen LogP contribution in [0.1, 0.15) is 24.1 Å². The molecule has 0 saturated carbocycles. The summed E-state index contributed by atoms with van der Waals surface area (Å²) in [6.45, 7) is 1.65. The number of aliphatic hydroxyl groups excluding tert-OH is 2. The highest BCUT2D eigenvalue weighted by molar-refractivity contribution is 5.25. The molecule has 0 spiro atoms. The van der Waals surface area contributed by atoms with E-state index in [2.05, 4.69) is 0 Å². The molecule has 0 aliphatic carbocycles. The van der Waals surface area contributed by atoms with Crippen LogP contribution in [-0.2, 0) is 6.61 Å². The van der Waals surface area contributed by atoms with E-state index in [0.29, 0.717) is 0 Å². The van der Waals surface area contributed by atoms with Crippen molar-refractivity contribution in [2.24, 2.45) is 5.73 Å². The molecule has 2 atom stereocenters. The number of benzene rings is 1. The fourth-order valence-electron chi connectivity index (χ4n) is 1.18. The van der Waals surface area contributed by atoms with E-state index < -0.39 is 6.10 Å². The van der Waals surface area contributed by atoms with E-state index in [1.54, 1.807) is 13.0 Å². The van der Waals surface area contributed by atoms with Gasteiger partial charge in [0.05, 0.1) is 18.8 Å². The first-order chi connectivity index (χ1) is 6.15. The molecule has 0 saturated heterocycles. The third kappa shape index (κ3) is 2.52. The topological polar surface area (TPSA) is 66.5 Å². The highest BCUT2D eigenvalue weighted by Crippen LogP contribution is 2.15. The van der Waals surface area contributed by atoms with Crippen LogP contribution in [-0.4, -0.2) is 16.3 Å². The van der Waals surface area contributed by atoms with Crippen LogP contribution < -0.4 is 5.73 Å². The maximum atomic E-state index is 9.25. The second kappa shape index (κ2) is 4.37. The minimum atomic E-state index is -0.575. The van der Waals surface area contributed by atoms with Crippen molar-refractivity contribution >= 4 is 0 Å². The lowest BCUT2D eigenvalue weighted by Crippen LogP contribution is -2.23. The van der Waals surface area contributed by atoms with Crippen molar-refractivity contribution in [3.8, 4) is 0 Å². The SMILES string of the molecule is CC(O)[C@H](N)c1cccc(CO)c1. The average molecular weight is 181 g/mol. The molecule has 0 heterocycles. The molecule has 1 aromatic carbocycles. The van der Waals surface area contributed by atoms with Crippen molar-refractivity contribution in [2.75, 3.05) is 0 Å². The van der Waals surface area contributed by atoms with Crippen LogP contribution in [0, 0.1) is 0 Å². The van der Waals surface area contributed by atoms with Gasteiger partial charge < -0.3 is 15.9 Å². The van der Waals surface area contributed by atoms with Gasteiger partial charge in [0, 0.05) is 0 Å². The summed E-state index contributed by atoms with van der Waals surface area (Å²) in [5, 5.41) is 18.1. The first-order valence-electron chi connectivity index (χ1n) is 4.28. The van der Waals surface area contributed by atoms with E-state index in [-0.39, 0.29) is 12.6 Å². The van der Waals surface area contributed by atoms with Crippen LogP contribution in [0.5, 0.6) is 0 Å². The zero-order valence-corrected chi connectivity index (χ0v) is 7.64. The van der Waals surface area contributed by atoms with Gasteiger partial charge in [0.2, 0.25) is 0 Å². The standard InChI is InChI=1S/C10H15NO2/c1-7(13)10(11)9-4-2-3-8(5-9)6-12/h2-5,7,10,12-13H,6,11H2,1H3/t7?,10-/m0/s1. The third-order valence-corrected chi connectivity index (χ3v) is 2.04. The van der Waals surface area contributed by atoms with Crippen LogP contribution in [0.3, 0.4) is 0 Å². The van der Waals surface area contributed by atoms with E-state index in [9.17, 15) is 5.11 Å². The van der Waals surface area contributed by atoms with Gasteiger partial charge in [-0.05, 0) is 18.1 Å². The zero-order valence-electron chi connectivity index (χ0n) is 7.64. The molecule has 0 fully saturated rings. The summed E-state index contributed by atoms with van der Waals surface area (Å²) in [6.07, 6.45) is -0.575. The van der Waals surface area contributed by atoms with Gasteiger partial charge in [-0.15, -0.1) is 0 Å². The fourth-order valence-corrected chi connectivity index (χ4v) is 1.18. The second-order valence-corrected chi connectivity index (χ2v) is 3.17. The largest absolute Gasteiger partial charge is 0.392 e. The number of hydrogen-bond acceptors (Lipinski definition) is 3. The van der Waals surface area contributed by atoms with Crippen molar-refractivity contribution < 1.29 is 10.2 Å². The summed E-state index contributed by atoms with van der Waals surface area (Å²) < 4.78 is 0. The summed E-state index contributed by atoms with van der Waals surface area (Å²) in [5.74, 6) is 0. The molecule has 3 heteroatoms. The van der Waals surface area contributed by atoms with E-state index in [1.165, 1.54) is 0 Å². The second-order valence-electron chi connectivity index (χ2n) is 3.17. The summed E-state index contributed by atoms with van der Waals surface area (Å²) in [5.41, 5.74) is 7.39. The molecular formula is C10H15NO2. The van der Waals surface area contributed by atoms with Gasteiger partial charge >= 0.3 is 0 Å². The monoisotopic (exact) mass is 181 g/mol. The molecule has 13 heavy (non-hydrogen) atoms. The number of hydrogen-bond donors (Lipinski definition) is 3. The molecule has 1 rings (SSSR count). The Bertz CT molecular complexity index is 273. The lowest BCUT2D eigenvalue weighted by molar-refractivity contribution is 0.164. The molecule has 0 radical (unpaired) electrons. The Kier molecular flexibility index (Phi) is 3.42. The van der Waals surface area contributed by atoms with Crippen molar-refractivity contribution in [1.29, 1.82) is 0 Å². The van der Waals surface area contributed by atoms with Gasteiger partial charge in [0.1, 0.15) is 0 Å². The Labute approximate surface area is 77.8 Å². The van der Waals surface area contributed by atoms with Gasteiger partial charge in [0.25, 0.3) is 0 Å². The molecule has 4 N–H and O–H groups in total. The van der Waals surface area contributed by atoms with E-state index in [1.807, 2.05) is 18.2 Å². The first-order valence-corrected chi connectivity index (χ1v) is 4.28. The molecule has 1 unspecified atom stereocenters. The smallest absolute Gasteiger partial charge is 0.0704 e. The lowest BCUT2D eigenvalue weighted by atomic mass is 10.0. The van der Waals surface area contributed by atoms with Gasteiger partial charge in [-0.2, -0.15) is 0 Å². The fraction of sp³-hybridized carbons (Fsp3) is 0.400. The van der Waals surface area contributed by atoms with Crippen LogP contribution in [0.15, 0.2) is 24.3 Å². The quantitative estimate of drug-likeness (QED) is 0.638.